The van der Waals surface area contributed by atoms with Gasteiger partial charge in [0, 0.05) is 24.5 Å². The van der Waals surface area contributed by atoms with Crippen molar-refractivity contribution in [3.63, 3.8) is 0 Å². The molecule has 0 spiro atoms. The molecule has 0 radical (unpaired) electrons. The van der Waals surface area contributed by atoms with E-state index in [0.717, 1.165) is 32.8 Å². The molecule has 0 saturated heterocycles. The molecule has 3 aromatic rings. The summed E-state index contributed by atoms with van der Waals surface area (Å²) in [5.74, 6) is -0.582. The highest BCUT2D eigenvalue weighted by atomic mass is 35.5. The van der Waals surface area contributed by atoms with Crippen molar-refractivity contribution in [2.45, 2.75) is 46.7 Å². The largest absolute Gasteiger partial charge is 0.354 e. The third-order valence-electron chi connectivity index (χ3n) is 6.72. The van der Waals surface area contributed by atoms with Crippen molar-refractivity contribution in [2.75, 3.05) is 23.7 Å². The minimum absolute atomic E-state index is 0.0798. The molecule has 0 heterocycles. The second-order valence-electron chi connectivity index (χ2n) is 10.5. The monoisotopic (exact) mass is 583 g/mol. The van der Waals surface area contributed by atoms with Crippen LogP contribution in [-0.2, 0) is 32.6 Å². The zero-order chi connectivity index (χ0) is 29.4. The lowest BCUT2D eigenvalue weighted by Gasteiger charge is -2.34. The molecule has 214 valence electrons. The molecule has 0 aromatic heterocycles. The van der Waals surface area contributed by atoms with Crippen molar-refractivity contribution in [1.82, 2.24) is 10.2 Å². The fraction of sp³-hybridized carbons (Fsp3) is 0.355. The van der Waals surface area contributed by atoms with Crippen molar-refractivity contribution in [2.24, 2.45) is 5.92 Å². The molecule has 0 unspecified atom stereocenters. The summed E-state index contributed by atoms with van der Waals surface area (Å²) in [4.78, 5) is 29.3. The summed E-state index contributed by atoms with van der Waals surface area (Å²) < 4.78 is 27.1. The molecule has 3 aromatic carbocycles. The number of benzene rings is 3. The van der Waals surface area contributed by atoms with Crippen LogP contribution in [0.4, 0.5) is 5.69 Å². The lowest BCUT2D eigenvalue weighted by atomic mass is 10.0. The first-order chi connectivity index (χ1) is 18.9. The van der Waals surface area contributed by atoms with Crippen molar-refractivity contribution in [3.05, 3.63) is 100 Å². The summed E-state index contributed by atoms with van der Waals surface area (Å²) in [5, 5.41) is 3.48. The molecule has 1 atom stereocenters. The lowest BCUT2D eigenvalue weighted by molar-refractivity contribution is -0.140. The molecule has 9 heteroatoms. The molecule has 0 fully saturated rings. The minimum Gasteiger partial charge on any atom is -0.354 e. The molecular formula is C31H38ClN3O4S. The van der Waals surface area contributed by atoms with E-state index in [1.54, 1.807) is 30.3 Å². The van der Waals surface area contributed by atoms with Gasteiger partial charge in [-0.05, 0) is 60.2 Å². The molecule has 3 rings (SSSR count). The SMILES string of the molecule is Cc1cccc(N(CC(=O)N(Cc2cccc(Cl)c2)[C@H](Cc2ccccc2)C(=O)NCC(C)C)S(C)(=O)=O)c1C. The number of sulfonamides is 1. The molecule has 0 bridgehead atoms. The van der Waals surface area contributed by atoms with Crippen LogP contribution in [0.25, 0.3) is 0 Å². The molecular weight excluding hydrogens is 546 g/mol. The van der Waals surface area contributed by atoms with Crippen molar-refractivity contribution < 1.29 is 18.0 Å². The first kappa shape index (κ1) is 31.2. The second-order valence-corrected chi connectivity index (χ2v) is 12.8. The number of hydrogen-bond acceptors (Lipinski definition) is 4. The van der Waals surface area contributed by atoms with Crippen LogP contribution in [0.15, 0.2) is 72.8 Å². The molecule has 0 aliphatic heterocycles. The third kappa shape index (κ3) is 8.57. The maximum absolute atomic E-state index is 14.1. The molecule has 7 nitrogen and oxygen atoms in total. The van der Waals surface area contributed by atoms with Crippen molar-refractivity contribution >= 4 is 39.1 Å². The van der Waals surface area contributed by atoms with E-state index in [0.29, 0.717) is 17.3 Å². The number of aryl methyl sites for hydroxylation is 1. The van der Waals surface area contributed by atoms with Gasteiger partial charge in [-0.2, -0.15) is 0 Å². The number of halogens is 1. The van der Waals surface area contributed by atoms with Gasteiger partial charge in [0.05, 0.1) is 11.9 Å². The van der Waals surface area contributed by atoms with Gasteiger partial charge in [0.1, 0.15) is 12.6 Å². The van der Waals surface area contributed by atoms with E-state index >= 15 is 0 Å². The topological polar surface area (TPSA) is 86.8 Å². The average Bonchev–Trinajstić information content (AvgIpc) is 2.89. The van der Waals surface area contributed by atoms with E-state index in [9.17, 15) is 18.0 Å². The van der Waals surface area contributed by atoms with Gasteiger partial charge in [0.25, 0.3) is 0 Å². The number of nitrogens with zero attached hydrogens (tertiary/aromatic N) is 2. The average molecular weight is 584 g/mol. The molecule has 0 aliphatic carbocycles. The number of hydrogen-bond donors (Lipinski definition) is 1. The van der Waals surface area contributed by atoms with E-state index in [1.165, 1.54) is 4.90 Å². The van der Waals surface area contributed by atoms with Gasteiger partial charge in [0.15, 0.2) is 0 Å². The van der Waals surface area contributed by atoms with Crippen molar-refractivity contribution in [1.29, 1.82) is 0 Å². The van der Waals surface area contributed by atoms with Gasteiger partial charge >= 0.3 is 0 Å². The Morgan fingerprint density at radius 2 is 1.57 bits per heavy atom. The first-order valence-electron chi connectivity index (χ1n) is 13.3. The lowest BCUT2D eigenvalue weighted by Crippen LogP contribution is -2.53. The molecule has 0 aliphatic rings. The quantitative estimate of drug-likeness (QED) is 0.320. The highest BCUT2D eigenvalue weighted by Gasteiger charge is 2.33. The Hall–Kier alpha value is -3.36. The number of nitrogens with one attached hydrogen (secondary N) is 1. The van der Waals surface area contributed by atoms with Crippen LogP contribution >= 0.6 is 11.6 Å². The minimum atomic E-state index is -3.83. The van der Waals surface area contributed by atoms with Gasteiger partial charge in [0.2, 0.25) is 21.8 Å². The van der Waals surface area contributed by atoms with Gasteiger partial charge in [-0.1, -0.05) is 80.0 Å². The fourth-order valence-electron chi connectivity index (χ4n) is 4.41. The van der Waals surface area contributed by atoms with Gasteiger partial charge in [-0.25, -0.2) is 8.42 Å². The molecule has 40 heavy (non-hydrogen) atoms. The van der Waals surface area contributed by atoms with Crippen LogP contribution in [-0.4, -0.2) is 50.5 Å². The van der Waals surface area contributed by atoms with Crippen molar-refractivity contribution in [3.8, 4) is 0 Å². The number of amides is 2. The van der Waals surface area contributed by atoms with Crippen LogP contribution in [0, 0.1) is 19.8 Å². The normalized spacial score (nSPS) is 12.2. The van der Waals surface area contributed by atoms with Crippen LogP contribution in [0.5, 0.6) is 0 Å². The Morgan fingerprint density at radius 3 is 2.20 bits per heavy atom. The van der Waals surface area contributed by atoms with Crippen LogP contribution in [0.3, 0.4) is 0 Å². The van der Waals surface area contributed by atoms with Gasteiger partial charge in [-0.3, -0.25) is 13.9 Å². The fourth-order valence-corrected chi connectivity index (χ4v) is 5.52. The third-order valence-corrected chi connectivity index (χ3v) is 8.08. The summed E-state index contributed by atoms with van der Waals surface area (Å²) >= 11 is 6.25. The van der Waals surface area contributed by atoms with Crippen LogP contribution in [0.2, 0.25) is 5.02 Å². The maximum Gasteiger partial charge on any atom is 0.244 e. The Labute approximate surface area is 243 Å². The zero-order valence-electron chi connectivity index (χ0n) is 23.7. The van der Waals surface area contributed by atoms with E-state index in [-0.39, 0.29) is 24.8 Å². The zero-order valence-corrected chi connectivity index (χ0v) is 25.3. The van der Waals surface area contributed by atoms with Gasteiger partial charge in [-0.15, -0.1) is 0 Å². The summed E-state index contributed by atoms with van der Waals surface area (Å²) in [6.45, 7) is 7.78. The first-order valence-corrected chi connectivity index (χ1v) is 15.5. The van der Waals surface area contributed by atoms with E-state index in [1.807, 2.05) is 70.2 Å². The molecule has 1 N–H and O–H groups in total. The summed E-state index contributed by atoms with van der Waals surface area (Å²) in [6, 6.07) is 21.0. The van der Waals surface area contributed by atoms with Crippen LogP contribution in [0.1, 0.15) is 36.1 Å². The standard InChI is InChI=1S/C31H38ClN3O4S/c1-22(2)19-33-31(37)29(18-25-12-7-6-8-13-25)34(20-26-14-10-15-27(32)17-26)30(36)21-35(40(5,38)39)28-16-9-11-23(3)24(28)4/h6-17,22,29H,18-21H2,1-5H3,(H,33,37)/t29-/m1/s1. The Bertz CT molecular complexity index is 1430. The summed E-state index contributed by atoms with van der Waals surface area (Å²) in [7, 11) is -3.83. The van der Waals surface area contributed by atoms with Crippen LogP contribution < -0.4 is 9.62 Å². The van der Waals surface area contributed by atoms with E-state index in [2.05, 4.69) is 5.32 Å². The predicted octanol–water partition coefficient (Wildman–Crippen LogP) is 5.14. The Balaban J connectivity index is 2.07. The second kappa shape index (κ2) is 13.8. The highest BCUT2D eigenvalue weighted by Crippen LogP contribution is 2.26. The smallest absolute Gasteiger partial charge is 0.244 e. The number of anilines is 1. The number of rotatable bonds is 12. The molecule has 0 saturated carbocycles. The highest BCUT2D eigenvalue weighted by molar-refractivity contribution is 7.92. The predicted molar refractivity (Wildman–Crippen MR) is 162 cm³/mol. The van der Waals surface area contributed by atoms with Gasteiger partial charge < -0.3 is 10.2 Å². The maximum atomic E-state index is 14.1. The molecule has 2 amide bonds. The van der Waals surface area contributed by atoms with E-state index < -0.39 is 28.5 Å². The summed E-state index contributed by atoms with van der Waals surface area (Å²) in [5.41, 5.74) is 3.71. The summed E-state index contributed by atoms with van der Waals surface area (Å²) in [6.07, 6.45) is 1.35. The Morgan fingerprint density at radius 1 is 0.925 bits per heavy atom. The number of carbonyl (C=O) groups excluding carboxylic acids is 2. The Kier molecular flexibility index (Phi) is 10.8. The number of carbonyl (C=O) groups is 2. The van der Waals surface area contributed by atoms with E-state index in [4.69, 9.17) is 11.6 Å².